The molecule has 0 atom stereocenters. The van der Waals surface area contributed by atoms with Gasteiger partial charge in [-0.3, -0.25) is 0 Å². The number of hydrogen-bond acceptors (Lipinski definition) is 4. The van der Waals surface area contributed by atoms with Gasteiger partial charge in [-0.2, -0.15) is 0 Å². The van der Waals surface area contributed by atoms with Crippen molar-refractivity contribution >= 4 is 11.9 Å². The third kappa shape index (κ3) is 7.12. The Kier molecular flexibility index (Phi) is 19.4. The second-order valence-corrected chi connectivity index (χ2v) is 2.16. The SMILES string of the molecule is O=C(O)c1ccccc1C(=O)O.[K+].[Na+].[OH-].[OH-]. The number of benzene rings is 1. The Morgan fingerprint density at radius 1 is 0.875 bits per heavy atom. The van der Waals surface area contributed by atoms with Crippen LogP contribution in [0.3, 0.4) is 0 Å². The van der Waals surface area contributed by atoms with E-state index < -0.39 is 11.9 Å². The summed E-state index contributed by atoms with van der Waals surface area (Å²) in [5.74, 6) is -2.46. The molecule has 1 rings (SSSR count). The van der Waals surface area contributed by atoms with Crippen LogP contribution in [0.5, 0.6) is 0 Å². The molecule has 0 amide bonds. The molecule has 6 nitrogen and oxygen atoms in total. The van der Waals surface area contributed by atoms with Crippen LogP contribution in [0, 0.1) is 0 Å². The van der Waals surface area contributed by atoms with Gasteiger partial charge in [0.15, 0.2) is 0 Å². The quantitative estimate of drug-likeness (QED) is 0.511. The van der Waals surface area contributed by atoms with E-state index in [1.165, 1.54) is 24.3 Å². The third-order valence-corrected chi connectivity index (χ3v) is 1.39. The van der Waals surface area contributed by atoms with Crippen LogP contribution in [-0.2, 0) is 0 Å². The van der Waals surface area contributed by atoms with E-state index in [9.17, 15) is 9.59 Å². The second kappa shape index (κ2) is 12.2. The molecular weight excluding hydrogens is 254 g/mol. The van der Waals surface area contributed by atoms with E-state index in [0.717, 1.165) is 0 Å². The summed E-state index contributed by atoms with van der Waals surface area (Å²) < 4.78 is 0. The van der Waals surface area contributed by atoms with Crippen molar-refractivity contribution in [3.05, 3.63) is 35.4 Å². The number of carboxylic acids is 2. The third-order valence-electron chi connectivity index (χ3n) is 1.39. The summed E-state index contributed by atoms with van der Waals surface area (Å²) in [4.78, 5) is 20.9. The average Bonchev–Trinajstić information content (AvgIpc) is 2.04. The van der Waals surface area contributed by atoms with Crippen molar-refractivity contribution in [2.45, 2.75) is 0 Å². The van der Waals surface area contributed by atoms with Crippen molar-refractivity contribution in [3.8, 4) is 0 Å². The maximum absolute atomic E-state index is 10.5. The van der Waals surface area contributed by atoms with Crippen molar-refractivity contribution in [3.63, 3.8) is 0 Å². The predicted octanol–water partition coefficient (Wildman–Crippen LogP) is -5.26. The van der Waals surface area contributed by atoms with E-state index in [1.807, 2.05) is 0 Å². The van der Waals surface area contributed by atoms with Crippen molar-refractivity contribution < 1.29 is 112 Å². The van der Waals surface area contributed by atoms with Crippen LogP contribution in [0.25, 0.3) is 0 Å². The summed E-state index contributed by atoms with van der Waals surface area (Å²) in [6.45, 7) is 0. The summed E-state index contributed by atoms with van der Waals surface area (Å²) in [5.41, 5.74) is -0.380. The molecule has 0 aliphatic carbocycles. The maximum Gasteiger partial charge on any atom is 1.00 e. The molecule has 0 saturated carbocycles. The summed E-state index contributed by atoms with van der Waals surface area (Å²) in [6.07, 6.45) is 0. The number of rotatable bonds is 2. The van der Waals surface area contributed by atoms with Gasteiger partial charge in [0.2, 0.25) is 0 Å². The molecule has 0 aliphatic rings. The van der Waals surface area contributed by atoms with E-state index in [4.69, 9.17) is 10.2 Å². The van der Waals surface area contributed by atoms with E-state index in [2.05, 4.69) is 0 Å². The molecule has 1 aromatic rings. The standard InChI is InChI=1S/C8H6O4.K.Na.2H2O/c9-7(10)5-3-1-2-4-6(5)8(11)12;;;;/h1-4H,(H,9,10)(H,11,12);;;2*1H2/q;2*+1;;/p-2. The number of carbonyl (C=O) groups is 2. The number of aromatic carboxylic acids is 2. The van der Waals surface area contributed by atoms with Crippen molar-refractivity contribution in [1.29, 1.82) is 0 Å². The fraction of sp³-hybridized carbons (Fsp3) is 0. The van der Waals surface area contributed by atoms with Crippen LogP contribution >= 0.6 is 0 Å². The summed E-state index contributed by atoms with van der Waals surface area (Å²) >= 11 is 0. The van der Waals surface area contributed by atoms with Crippen LogP contribution < -0.4 is 80.9 Å². The molecule has 0 bridgehead atoms. The second-order valence-electron chi connectivity index (χ2n) is 2.16. The summed E-state index contributed by atoms with van der Waals surface area (Å²) in [6, 6.07) is 5.48. The van der Waals surface area contributed by atoms with Gasteiger partial charge in [0.25, 0.3) is 0 Å². The molecule has 0 aliphatic heterocycles. The fourth-order valence-electron chi connectivity index (χ4n) is 0.856. The maximum atomic E-state index is 10.5. The van der Waals surface area contributed by atoms with Crippen LogP contribution in [0.2, 0.25) is 0 Å². The molecule has 0 fully saturated rings. The van der Waals surface area contributed by atoms with Gasteiger partial charge in [-0.15, -0.1) is 0 Å². The van der Waals surface area contributed by atoms with E-state index >= 15 is 0 Å². The van der Waals surface area contributed by atoms with E-state index in [0.29, 0.717) is 0 Å². The fourth-order valence-corrected chi connectivity index (χ4v) is 0.856. The molecule has 0 unspecified atom stereocenters. The minimum absolute atomic E-state index is 0. The van der Waals surface area contributed by atoms with Crippen LogP contribution in [0.1, 0.15) is 20.7 Å². The normalized spacial score (nSPS) is 7.00. The molecule has 0 aromatic heterocycles. The zero-order valence-electron chi connectivity index (χ0n) is 8.91. The number of hydrogen-bond donors (Lipinski definition) is 2. The van der Waals surface area contributed by atoms with E-state index in [1.54, 1.807) is 0 Å². The predicted molar refractivity (Wildman–Crippen MR) is 44.2 cm³/mol. The molecule has 16 heavy (non-hydrogen) atoms. The molecule has 1 aromatic carbocycles. The Bertz CT molecular complexity index is 310. The van der Waals surface area contributed by atoms with Gasteiger partial charge in [-0.05, 0) is 12.1 Å². The summed E-state index contributed by atoms with van der Waals surface area (Å²) in [5, 5.41) is 17.1. The number of carboxylic acid groups (broad SMARTS) is 2. The van der Waals surface area contributed by atoms with Gasteiger partial charge in [-0.25, -0.2) is 9.59 Å². The van der Waals surface area contributed by atoms with Gasteiger partial charge in [0, 0.05) is 0 Å². The van der Waals surface area contributed by atoms with Gasteiger partial charge >= 0.3 is 92.9 Å². The van der Waals surface area contributed by atoms with Crippen molar-refractivity contribution in [2.75, 3.05) is 0 Å². The molecule has 0 heterocycles. The smallest absolute Gasteiger partial charge is 0.870 e. The van der Waals surface area contributed by atoms with Crippen molar-refractivity contribution in [1.82, 2.24) is 0 Å². The average molecular weight is 262 g/mol. The van der Waals surface area contributed by atoms with Crippen LogP contribution in [0.4, 0.5) is 0 Å². The van der Waals surface area contributed by atoms with Gasteiger partial charge in [0.1, 0.15) is 0 Å². The monoisotopic (exact) mass is 262 g/mol. The Labute approximate surface area is 156 Å². The molecule has 0 spiro atoms. The van der Waals surface area contributed by atoms with Gasteiger partial charge < -0.3 is 21.2 Å². The topological polar surface area (TPSA) is 135 Å². The Morgan fingerprint density at radius 2 is 1.12 bits per heavy atom. The Balaban J connectivity index is -0.000000180. The molecule has 78 valence electrons. The van der Waals surface area contributed by atoms with Crippen LogP contribution in [-0.4, -0.2) is 33.1 Å². The zero-order valence-corrected chi connectivity index (χ0v) is 14.0. The molecule has 0 radical (unpaired) electrons. The van der Waals surface area contributed by atoms with Crippen molar-refractivity contribution in [2.24, 2.45) is 0 Å². The Morgan fingerprint density at radius 3 is 1.31 bits per heavy atom. The molecular formula is C8H8KNaO6. The zero-order chi connectivity index (χ0) is 9.14. The summed E-state index contributed by atoms with van der Waals surface area (Å²) in [7, 11) is 0. The Hall–Kier alpha value is 0.716. The van der Waals surface area contributed by atoms with Gasteiger partial charge in [-0.1, -0.05) is 12.1 Å². The molecule has 0 saturated heterocycles. The largest absolute Gasteiger partial charge is 1.00 e. The van der Waals surface area contributed by atoms with Gasteiger partial charge in [0.05, 0.1) is 11.1 Å². The molecule has 4 N–H and O–H groups in total. The first-order valence-electron chi connectivity index (χ1n) is 3.18. The molecule has 8 heteroatoms. The van der Waals surface area contributed by atoms with E-state index in [-0.39, 0.29) is 103 Å². The first kappa shape index (κ1) is 25.5. The first-order chi connectivity index (χ1) is 5.63. The first-order valence-corrected chi connectivity index (χ1v) is 3.18. The minimum Gasteiger partial charge on any atom is -0.870 e. The minimum atomic E-state index is -1.23. The van der Waals surface area contributed by atoms with Crippen LogP contribution in [0.15, 0.2) is 24.3 Å².